The summed E-state index contributed by atoms with van der Waals surface area (Å²) in [4.78, 5) is 32.5. The summed E-state index contributed by atoms with van der Waals surface area (Å²) in [6.07, 6.45) is 2.46. The van der Waals surface area contributed by atoms with E-state index in [4.69, 9.17) is 24.3 Å². The van der Waals surface area contributed by atoms with Crippen LogP contribution in [0.2, 0.25) is 0 Å². The van der Waals surface area contributed by atoms with E-state index in [9.17, 15) is 9.59 Å². The molecule has 0 bridgehead atoms. The van der Waals surface area contributed by atoms with Crippen molar-refractivity contribution in [1.29, 1.82) is 0 Å². The molecule has 1 heterocycles. The van der Waals surface area contributed by atoms with Crippen molar-refractivity contribution in [3.63, 3.8) is 0 Å². The van der Waals surface area contributed by atoms with Crippen LogP contribution in [0.3, 0.4) is 0 Å². The van der Waals surface area contributed by atoms with E-state index in [2.05, 4.69) is 23.0 Å². The Balaban J connectivity index is 1.42. The van der Waals surface area contributed by atoms with Crippen LogP contribution in [0, 0.1) is 0 Å². The summed E-state index contributed by atoms with van der Waals surface area (Å²) < 4.78 is 18.0. The fourth-order valence-corrected chi connectivity index (χ4v) is 5.97. The summed E-state index contributed by atoms with van der Waals surface area (Å²) in [6, 6.07) is 35.6. The first-order chi connectivity index (χ1) is 24.7. The highest BCUT2D eigenvalue weighted by Gasteiger charge is 2.53. The number of carbonyl (C=O) groups is 2. The van der Waals surface area contributed by atoms with E-state index < -0.39 is 29.1 Å². The Labute approximate surface area is 301 Å². The predicted molar refractivity (Wildman–Crippen MR) is 199 cm³/mol. The van der Waals surface area contributed by atoms with Crippen LogP contribution >= 0.6 is 0 Å². The fourth-order valence-electron chi connectivity index (χ4n) is 5.97. The number of hydrogen-bond donors (Lipinski definition) is 3. The molecular weight excluding hydrogens is 642 g/mol. The number of amides is 1. The topological polar surface area (TPSA) is 118 Å². The third-order valence-electron chi connectivity index (χ3n) is 8.54. The number of aryl methyl sites for hydroxylation is 1. The van der Waals surface area contributed by atoms with Crippen molar-refractivity contribution in [3.05, 3.63) is 126 Å². The van der Waals surface area contributed by atoms with Gasteiger partial charge in [0.1, 0.15) is 11.4 Å². The molecule has 0 fully saturated rings. The highest BCUT2D eigenvalue weighted by molar-refractivity contribution is 6.01. The van der Waals surface area contributed by atoms with Crippen molar-refractivity contribution in [3.8, 4) is 16.9 Å². The van der Waals surface area contributed by atoms with Crippen molar-refractivity contribution in [2.45, 2.75) is 76.5 Å². The molecule has 0 spiro atoms. The van der Waals surface area contributed by atoms with E-state index in [0.29, 0.717) is 30.9 Å². The average Bonchev–Trinajstić information content (AvgIpc) is 3.53. The first-order valence-corrected chi connectivity index (χ1v) is 17.7. The molecule has 268 valence electrons. The van der Waals surface area contributed by atoms with E-state index in [1.165, 1.54) is 5.56 Å². The molecule has 5 rings (SSSR count). The summed E-state index contributed by atoms with van der Waals surface area (Å²) in [7, 11) is 0. The van der Waals surface area contributed by atoms with Crippen LogP contribution in [0.25, 0.3) is 11.1 Å². The Morgan fingerprint density at radius 2 is 1.47 bits per heavy atom. The standard InChI is InChI=1S/C42H49N3O6/c1-41(2,3)51-37(47)26-27-42(40(48)45-43-28-11-10-15-31-13-6-4-7-14-31)38(34-20-18-33(19-21-34)32-16-8-5-9-17-32)50-39(44-42)35-22-24-36(25-23-35)49-30-12-29-46/h4-9,13-14,16-25,38,43,46H,10-12,15,26-30H2,1-3H3,(H,45,48)/t38-,42-/m0/s1. The van der Waals surface area contributed by atoms with E-state index in [1.807, 2.05) is 106 Å². The second-order valence-electron chi connectivity index (χ2n) is 13.7. The quantitative estimate of drug-likeness (QED) is 0.0612. The second-order valence-corrected chi connectivity index (χ2v) is 13.7. The normalized spacial score (nSPS) is 16.9. The highest BCUT2D eigenvalue weighted by atomic mass is 16.6. The first-order valence-electron chi connectivity index (χ1n) is 17.7. The Morgan fingerprint density at radius 1 is 0.824 bits per heavy atom. The maximum Gasteiger partial charge on any atom is 0.306 e. The number of esters is 1. The van der Waals surface area contributed by atoms with Crippen LogP contribution in [0.4, 0.5) is 0 Å². The van der Waals surface area contributed by atoms with Gasteiger partial charge in [-0.15, -0.1) is 0 Å². The van der Waals surface area contributed by atoms with Gasteiger partial charge in [-0.1, -0.05) is 84.9 Å². The zero-order valence-electron chi connectivity index (χ0n) is 29.8. The number of ether oxygens (including phenoxy) is 3. The number of aliphatic hydroxyl groups is 1. The lowest BCUT2D eigenvalue weighted by Crippen LogP contribution is -2.53. The van der Waals surface area contributed by atoms with Gasteiger partial charge in [-0.3, -0.25) is 15.0 Å². The summed E-state index contributed by atoms with van der Waals surface area (Å²) in [5, 5.41) is 9.11. The molecule has 1 aliphatic rings. The maximum atomic E-state index is 14.4. The van der Waals surface area contributed by atoms with Gasteiger partial charge in [0.25, 0.3) is 5.91 Å². The van der Waals surface area contributed by atoms with Crippen LogP contribution in [-0.2, 0) is 25.5 Å². The maximum absolute atomic E-state index is 14.4. The number of benzene rings is 4. The number of carbonyl (C=O) groups excluding carboxylic acids is 2. The summed E-state index contributed by atoms with van der Waals surface area (Å²) in [6.45, 7) is 6.45. The van der Waals surface area contributed by atoms with Crippen LogP contribution in [0.5, 0.6) is 5.75 Å². The summed E-state index contributed by atoms with van der Waals surface area (Å²) in [5.41, 5.74) is 8.64. The van der Waals surface area contributed by atoms with Gasteiger partial charge < -0.3 is 19.3 Å². The van der Waals surface area contributed by atoms with Crippen LogP contribution in [-0.4, -0.2) is 53.8 Å². The van der Waals surface area contributed by atoms with Gasteiger partial charge in [-0.05, 0) is 93.0 Å². The molecule has 2 atom stereocenters. The van der Waals surface area contributed by atoms with Gasteiger partial charge in [0.15, 0.2) is 11.6 Å². The first kappa shape index (κ1) is 37.3. The monoisotopic (exact) mass is 691 g/mol. The second kappa shape index (κ2) is 17.8. The van der Waals surface area contributed by atoms with Crippen molar-refractivity contribution >= 4 is 17.8 Å². The third-order valence-corrected chi connectivity index (χ3v) is 8.54. The lowest BCUT2D eigenvalue weighted by Gasteiger charge is -2.31. The highest BCUT2D eigenvalue weighted by Crippen LogP contribution is 2.44. The number of aliphatic hydroxyl groups excluding tert-OH is 1. The van der Waals surface area contributed by atoms with Crippen LogP contribution < -0.4 is 15.6 Å². The van der Waals surface area contributed by atoms with Gasteiger partial charge in [-0.2, -0.15) is 0 Å². The molecule has 0 unspecified atom stereocenters. The van der Waals surface area contributed by atoms with Crippen LogP contribution in [0.1, 0.15) is 75.7 Å². The molecule has 51 heavy (non-hydrogen) atoms. The third kappa shape index (κ3) is 10.5. The lowest BCUT2D eigenvalue weighted by molar-refractivity contribution is -0.155. The van der Waals surface area contributed by atoms with E-state index in [0.717, 1.165) is 36.0 Å². The van der Waals surface area contributed by atoms with E-state index in [1.54, 1.807) is 12.1 Å². The Morgan fingerprint density at radius 3 is 2.14 bits per heavy atom. The number of aliphatic imine (C=N–C) groups is 1. The SMILES string of the molecule is CC(C)(C)OC(=O)CC[C@]1(C(=O)NNCCCCc2ccccc2)N=C(c2ccc(OCCCO)cc2)O[C@H]1c1ccc(-c2ccccc2)cc1. The molecule has 4 aromatic carbocycles. The van der Waals surface area contributed by atoms with E-state index in [-0.39, 0.29) is 25.3 Å². The molecule has 0 radical (unpaired) electrons. The Bertz CT molecular complexity index is 1720. The van der Waals surface area contributed by atoms with Crippen molar-refractivity contribution in [2.24, 2.45) is 4.99 Å². The minimum atomic E-state index is -1.49. The fraction of sp³-hybridized carbons (Fsp3) is 0.357. The van der Waals surface area contributed by atoms with Gasteiger partial charge in [0, 0.05) is 31.6 Å². The summed E-state index contributed by atoms with van der Waals surface area (Å²) in [5.74, 6) is 0.112. The number of nitrogens with one attached hydrogen (secondary N) is 2. The minimum absolute atomic E-state index is 0.0435. The molecule has 9 heteroatoms. The molecular formula is C42H49N3O6. The smallest absolute Gasteiger partial charge is 0.306 e. The zero-order chi connectivity index (χ0) is 36.1. The lowest BCUT2D eigenvalue weighted by atomic mass is 9.83. The molecule has 0 aliphatic carbocycles. The number of hydrogen-bond acceptors (Lipinski definition) is 8. The molecule has 3 N–H and O–H groups in total. The molecule has 9 nitrogen and oxygen atoms in total. The number of hydrazine groups is 1. The van der Waals surface area contributed by atoms with Gasteiger partial charge in [0.05, 0.1) is 6.61 Å². The molecule has 1 aliphatic heterocycles. The predicted octanol–water partition coefficient (Wildman–Crippen LogP) is 7.14. The van der Waals surface area contributed by atoms with Crippen LogP contribution in [0.15, 0.2) is 114 Å². The zero-order valence-corrected chi connectivity index (χ0v) is 29.8. The number of rotatable bonds is 17. The van der Waals surface area contributed by atoms with Gasteiger partial charge in [0.2, 0.25) is 5.90 Å². The minimum Gasteiger partial charge on any atom is -0.494 e. The van der Waals surface area contributed by atoms with Crippen molar-refractivity contribution in [2.75, 3.05) is 19.8 Å². The van der Waals surface area contributed by atoms with Crippen molar-refractivity contribution < 1.29 is 28.9 Å². The number of nitrogens with zero attached hydrogens (tertiary/aromatic N) is 1. The molecule has 0 aromatic heterocycles. The van der Waals surface area contributed by atoms with Gasteiger partial charge in [-0.25, -0.2) is 10.4 Å². The Kier molecular flexibility index (Phi) is 13.0. The molecule has 0 saturated heterocycles. The largest absolute Gasteiger partial charge is 0.494 e. The molecule has 4 aromatic rings. The molecule has 0 saturated carbocycles. The van der Waals surface area contributed by atoms with Crippen molar-refractivity contribution in [1.82, 2.24) is 10.9 Å². The van der Waals surface area contributed by atoms with E-state index >= 15 is 0 Å². The number of unbranched alkanes of at least 4 members (excludes halogenated alkanes) is 1. The molecule has 1 amide bonds. The Hall–Kier alpha value is -4.99. The van der Waals surface area contributed by atoms with Gasteiger partial charge >= 0.3 is 5.97 Å². The average molecular weight is 692 g/mol. The summed E-state index contributed by atoms with van der Waals surface area (Å²) >= 11 is 0.